The number of hydrogen-bond acceptors (Lipinski definition) is 3. The quantitative estimate of drug-likeness (QED) is 0.301. The van der Waals surface area contributed by atoms with E-state index in [9.17, 15) is 4.79 Å². The molecule has 32 heavy (non-hydrogen) atoms. The number of nitrogens with one attached hydrogen (secondary N) is 2. The zero-order chi connectivity index (χ0) is 22.1. The number of methoxy groups -OCH3 is 1. The Bertz CT molecular complexity index is 899. The van der Waals surface area contributed by atoms with E-state index >= 15 is 0 Å². The lowest BCUT2D eigenvalue weighted by Gasteiger charge is -2.23. The summed E-state index contributed by atoms with van der Waals surface area (Å²) in [6.07, 6.45) is 2.16. The molecular weight excluding hydrogens is 517 g/mol. The number of hydrogen-bond donors (Lipinski definition) is 2. The minimum atomic E-state index is -0.0250. The molecular formula is C24H34IN5O2. The fourth-order valence-corrected chi connectivity index (χ4v) is 3.67. The molecule has 1 fully saturated rings. The van der Waals surface area contributed by atoms with E-state index in [1.165, 1.54) is 0 Å². The number of likely N-dealkylation sites (tertiary alicyclic amines) is 1. The molecule has 1 heterocycles. The fraction of sp³-hybridized carbons (Fsp3) is 0.417. The van der Waals surface area contributed by atoms with Gasteiger partial charge in [0.25, 0.3) is 0 Å². The van der Waals surface area contributed by atoms with Gasteiger partial charge in [0.15, 0.2) is 5.96 Å². The monoisotopic (exact) mass is 551 g/mol. The lowest BCUT2D eigenvalue weighted by atomic mass is 10.2. The van der Waals surface area contributed by atoms with Crippen LogP contribution in [0.3, 0.4) is 0 Å². The van der Waals surface area contributed by atoms with E-state index in [0.29, 0.717) is 13.1 Å². The molecule has 8 heteroatoms. The van der Waals surface area contributed by atoms with Crippen molar-refractivity contribution >= 4 is 41.7 Å². The molecule has 2 N–H and O–H groups in total. The van der Waals surface area contributed by atoms with Crippen molar-refractivity contribution in [2.45, 2.75) is 32.9 Å². The Morgan fingerprint density at radius 1 is 1.16 bits per heavy atom. The maximum absolute atomic E-state index is 12.4. The van der Waals surface area contributed by atoms with E-state index in [-0.39, 0.29) is 30.0 Å². The van der Waals surface area contributed by atoms with Crippen molar-refractivity contribution in [2.75, 3.05) is 39.1 Å². The van der Waals surface area contributed by atoms with Gasteiger partial charge in [0.2, 0.25) is 0 Å². The molecule has 174 valence electrons. The van der Waals surface area contributed by atoms with Gasteiger partial charge in [-0.25, -0.2) is 9.79 Å². The van der Waals surface area contributed by atoms with E-state index in [4.69, 9.17) is 9.73 Å². The predicted octanol–water partition coefficient (Wildman–Crippen LogP) is 4.54. The number of carbonyl (C=O) groups excluding carboxylic acids is 1. The summed E-state index contributed by atoms with van der Waals surface area (Å²) >= 11 is 0. The Balaban J connectivity index is 0.00000363. The summed E-state index contributed by atoms with van der Waals surface area (Å²) in [5.41, 5.74) is 2.95. The van der Waals surface area contributed by atoms with E-state index in [2.05, 4.69) is 28.5 Å². The van der Waals surface area contributed by atoms with Crippen LogP contribution in [-0.2, 0) is 13.1 Å². The Hall–Kier alpha value is -2.49. The van der Waals surface area contributed by atoms with E-state index in [0.717, 1.165) is 61.0 Å². The summed E-state index contributed by atoms with van der Waals surface area (Å²) in [5.74, 6) is 1.69. The highest BCUT2D eigenvalue weighted by Gasteiger charge is 2.17. The van der Waals surface area contributed by atoms with E-state index in [1.54, 1.807) is 7.11 Å². The first-order valence-corrected chi connectivity index (χ1v) is 10.9. The summed E-state index contributed by atoms with van der Waals surface area (Å²) in [7, 11) is 3.70. The minimum absolute atomic E-state index is 0. The van der Waals surface area contributed by atoms with Gasteiger partial charge in [-0.3, -0.25) is 0 Å². The van der Waals surface area contributed by atoms with Gasteiger partial charge in [0.05, 0.1) is 13.7 Å². The van der Waals surface area contributed by atoms with Crippen molar-refractivity contribution in [1.29, 1.82) is 0 Å². The average molecular weight is 551 g/mol. The summed E-state index contributed by atoms with van der Waals surface area (Å²) in [5, 5.41) is 6.36. The minimum Gasteiger partial charge on any atom is -0.496 e. The molecule has 1 saturated heterocycles. The second-order valence-electron chi connectivity index (χ2n) is 7.66. The molecule has 0 aliphatic carbocycles. The normalized spacial score (nSPS) is 13.3. The first-order valence-electron chi connectivity index (χ1n) is 10.9. The molecule has 1 aliphatic rings. The molecule has 0 spiro atoms. The first kappa shape index (κ1) is 25.8. The van der Waals surface area contributed by atoms with Crippen LogP contribution in [0.25, 0.3) is 0 Å². The third kappa shape index (κ3) is 7.29. The van der Waals surface area contributed by atoms with Gasteiger partial charge in [-0.15, -0.1) is 24.0 Å². The molecule has 0 saturated carbocycles. The van der Waals surface area contributed by atoms with Crippen LogP contribution >= 0.6 is 24.0 Å². The third-order valence-corrected chi connectivity index (χ3v) is 5.28. The second-order valence-corrected chi connectivity index (χ2v) is 7.66. The Labute approximate surface area is 208 Å². The SMILES string of the molecule is CCNC(=NCc1cccc(NC(=O)N2CCCC2)c1)N(C)Cc1ccccc1OC.I. The summed E-state index contributed by atoms with van der Waals surface area (Å²) < 4.78 is 5.47. The number of carbonyl (C=O) groups is 1. The maximum Gasteiger partial charge on any atom is 0.321 e. The second kappa shape index (κ2) is 13.1. The number of urea groups is 1. The molecule has 2 aromatic carbocycles. The van der Waals surface area contributed by atoms with Crippen molar-refractivity contribution in [1.82, 2.24) is 15.1 Å². The van der Waals surface area contributed by atoms with Crippen molar-refractivity contribution in [3.63, 3.8) is 0 Å². The number of guanidine groups is 1. The van der Waals surface area contributed by atoms with Crippen molar-refractivity contribution in [3.8, 4) is 5.75 Å². The number of anilines is 1. The number of para-hydroxylation sites is 1. The molecule has 0 atom stereocenters. The largest absolute Gasteiger partial charge is 0.496 e. The number of amides is 2. The van der Waals surface area contributed by atoms with Gasteiger partial charge in [0.1, 0.15) is 5.75 Å². The van der Waals surface area contributed by atoms with Gasteiger partial charge in [0, 0.05) is 44.5 Å². The van der Waals surface area contributed by atoms with Gasteiger partial charge in [-0.2, -0.15) is 0 Å². The summed E-state index contributed by atoms with van der Waals surface area (Å²) in [6.45, 7) is 5.70. The molecule has 2 aromatic rings. The topological polar surface area (TPSA) is 69.2 Å². The zero-order valence-corrected chi connectivity index (χ0v) is 21.5. The molecule has 7 nitrogen and oxygen atoms in total. The highest BCUT2D eigenvalue weighted by atomic mass is 127. The molecule has 0 bridgehead atoms. The molecule has 1 aliphatic heterocycles. The van der Waals surface area contributed by atoms with Crippen LogP contribution in [0.5, 0.6) is 5.75 Å². The lowest BCUT2D eigenvalue weighted by Crippen LogP contribution is -2.38. The van der Waals surface area contributed by atoms with Crippen LogP contribution < -0.4 is 15.4 Å². The van der Waals surface area contributed by atoms with Crippen molar-refractivity contribution in [2.24, 2.45) is 4.99 Å². The Kier molecular flexibility index (Phi) is 10.6. The van der Waals surface area contributed by atoms with Gasteiger partial charge in [-0.05, 0) is 43.5 Å². The van der Waals surface area contributed by atoms with Crippen LogP contribution in [0.1, 0.15) is 30.9 Å². The lowest BCUT2D eigenvalue weighted by molar-refractivity contribution is 0.222. The number of aliphatic imine (C=N–C) groups is 1. The molecule has 0 radical (unpaired) electrons. The van der Waals surface area contributed by atoms with Crippen LogP contribution in [-0.4, -0.2) is 55.6 Å². The van der Waals surface area contributed by atoms with Crippen LogP contribution in [0, 0.1) is 0 Å². The third-order valence-electron chi connectivity index (χ3n) is 5.28. The Morgan fingerprint density at radius 2 is 1.91 bits per heavy atom. The predicted molar refractivity (Wildman–Crippen MR) is 141 cm³/mol. The highest BCUT2D eigenvalue weighted by molar-refractivity contribution is 14.0. The fourth-order valence-electron chi connectivity index (χ4n) is 3.67. The molecule has 0 unspecified atom stereocenters. The number of benzene rings is 2. The zero-order valence-electron chi connectivity index (χ0n) is 19.1. The summed E-state index contributed by atoms with van der Waals surface area (Å²) in [4.78, 5) is 21.1. The molecule has 0 aromatic heterocycles. The molecule has 3 rings (SSSR count). The van der Waals surface area contributed by atoms with Crippen LogP contribution in [0.15, 0.2) is 53.5 Å². The Morgan fingerprint density at radius 3 is 2.62 bits per heavy atom. The van der Waals surface area contributed by atoms with Gasteiger partial charge in [-0.1, -0.05) is 30.3 Å². The number of nitrogens with zero attached hydrogens (tertiary/aromatic N) is 3. The standard InChI is InChI=1S/C24H33N5O2.HI/c1-4-25-23(28(2)18-20-11-5-6-13-22(20)31-3)26-17-19-10-9-12-21(16-19)27-24(30)29-14-7-8-15-29;/h5-6,9-13,16H,4,7-8,14-15,17-18H2,1-3H3,(H,25,26)(H,27,30);1H. The van der Waals surface area contributed by atoms with Crippen LogP contribution in [0.4, 0.5) is 10.5 Å². The van der Waals surface area contributed by atoms with E-state index < -0.39 is 0 Å². The van der Waals surface area contributed by atoms with E-state index in [1.807, 2.05) is 54.4 Å². The van der Waals surface area contributed by atoms with Crippen LogP contribution in [0.2, 0.25) is 0 Å². The number of halogens is 1. The number of ether oxygens (including phenoxy) is 1. The maximum atomic E-state index is 12.4. The summed E-state index contributed by atoms with van der Waals surface area (Å²) in [6, 6.07) is 15.9. The number of rotatable bonds is 7. The van der Waals surface area contributed by atoms with Gasteiger partial charge < -0.3 is 25.2 Å². The molecule has 2 amide bonds. The van der Waals surface area contributed by atoms with Crippen molar-refractivity contribution in [3.05, 3.63) is 59.7 Å². The van der Waals surface area contributed by atoms with Crippen molar-refractivity contribution < 1.29 is 9.53 Å². The van der Waals surface area contributed by atoms with Gasteiger partial charge >= 0.3 is 6.03 Å². The average Bonchev–Trinajstić information content (AvgIpc) is 3.32. The first-order chi connectivity index (χ1) is 15.1. The smallest absolute Gasteiger partial charge is 0.321 e. The highest BCUT2D eigenvalue weighted by Crippen LogP contribution is 2.19.